The average molecular weight is 1140 g/mol. The molecular weight excluding hydrogens is 1070 g/mol. The summed E-state index contributed by atoms with van der Waals surface area (Å²) in [6.45, 7) is 9.55. The average Bonchev–Trinajstić information content (AvgIpc) is 3.84. The molecule has 0 spiro atoms. The molecule has 3 aliphatic rings. The second kappa shape index (κ2) is 26.4. The highest BCUT2D eigenvalue weighted by molar-refractivity contribution is 7.86. The van der Waals surface area contributed by atoms with Crippen molar-refractivity contribution in [1.29, 1.82) is 0 Å². The summed E-state index contributed by atoms with van der Waals surface area (Å²) in [5.41, 5.74) is 1.71. The summed E-state index contributed by atoms with van der Waals surface area (Å²) in [6, 6.07) is 7.74. The van der Waals surface area contributed by atoms with Gasteiger partial charge in [0.05, 0.1) is 47.4 Å². The summed E-state index contributed by atoms with van der Waals surface area (Å²) in [6.07, 6.45) is 15.6. The molecule has 3 aliphatic heterocycles. The van der Waals surface area contributed by atoms with Crippen molar-refractivity contribution in [3.05, 3.63) is 107 Å². The highest BCUT2D eigenvalue weighted by Crippen LogP contribution is 2.48. The number of ether oxygens (including phenoxy) is 3. The molecule has 3 amide bonds. The molecule has 26 heteroatoms. The van der Waals surface area contributed by atoms with Crippen LogP contribution in [0.5, 0.6) is 0 Å². The van der Waals surface area contributed by atoms with E-state index in [1.165, 1.54) is 42.5 Å². The number of nitrogens with zero attached hydrogens (tertiary/aromatic N) is 3. The number of allylic oxidation sites excluding steroid dienone is 8. The monoisotopic (exact) mass is 1140 g/mol. The lowest BCUT2D eigenvalue weighted by atomic mass is 9.81. The van der Waals surface area contributed by atoms with Crippen LogP contribution in [0.3, 0.4) is 0 Å². The number of unbranched alkanes of at least 4 members (excludes halogenated alkanes) is 1. The second-order valence-corrected chi connectivity index (χ2v) is 25.0. The van der Waals surface area contributed by atoms with Crippen molar-refractivity contribution in [2.75, 3.05) is 82.2 Å². The molecular formula is C50H66N4O18S4. The minimum Gasteiger partial charge on any atom is -0.744 e. The Bertz CT molecular complexity index is 3120. The van der Waals surface area contributed by atoms with E-state index in [9.17, 15) is 66.3 Å². The maximum Gasteiger partial charge on any atom is 0.294 e. The molecule has 0 fully saturated rings. The predicted octanol–water partition coefficient (Wildman–Crippen LogP) is 4.14. The van der Waals surface area contributed by atoms with Gasteiger partial charge >= 0.3 is 0 Å². The zero-order chi connectivity index (χ0) is 56.1. The quantitative estimate of drug-likeness (QED) is 0.0271. The van der Waals surface area contributed by atoms with Crippen molar-refractivity contribution < 1.29 is 85.1 Å². The Hall–Kier alpha value is -5.26. The third-order valence-electron chi connectivity index (χ3n) is 12.8. The summed E-state index contributed by atoms with van der Waals surface area (Å²) in [5, 5.41) is 2.89. The number of carbonyl (C=O) groups is 3. The fourth-order valence-corrected chi connectivity index (χ4v) is 10.7. The lowest BCUT2D eigenvalue weighted by Gasteiger charge is -2.26. The van der Waals surface area contributed by atoms with Crippen LogP contribution >= 0.6 is 0 Å². The Morgan fingerprint density at radius 3 is 1.91 bits per heavy atom. The van der Waals surface area contributed by atoms with Gasteiger partial charge in [-0.15, -0.1) is 0 Å². The molecule has 0 atom stereocenters. The highest BCUT2D eigenvalue weighted by Gasteiger charge is 2.45. The van der Waals surface area contributed by atoms with E-state index in [-0.39, 0.29) is 48.7 Å². The number of hydrogen-bond acceptors (Lipinski definition) is 16. The molecule has 76 heavy (non-hydrogen) atoms. The van der Waals surface area contributed by atoms with Crippen molar-refractivity contribution in [3.63, 3.8) is 0 Å². The number of nitrogens with one attached hydrogen (secondary N) is 1. The van der Waals surface area contributed by atoms with E-state index in [2.05, 4.69) is 5.32 Å². The van der Waals surface area contributed by atoms with Crippen LogP contribution in [0.15, 0.2) is 106 Å². The lowest BCUT2D eigenvalue weighted by Crippen LogP contribution is -2.31. The van der Waals surface area contributed by atoms with Gasteiger partial charge in [0.1, 0.15) is 15.9 Å². The van der Waals surface area contributed by atoms with Gasteiger partial charge in [-0.2, -0.15) is 29.8 Å². The Balaban J connectivity index is 1.24. The van der Waals surface area contributed by atoms with E-state index in [4.69, 9.17) is 14.2 Å². The van der Waals surface area contributed by atoms with Crippen LogP contribution in [0.1, 0.15) is 77.3 Å². The van der Waals surface area contributed by atoms with Crippen LogP contribution in [-0.4, -0.2) is 162 Å². The minimum atomic E-state index is -4.84. The van der Waals surface area contributed by atoms with E-state index in [0.717, 1.165) is 16.5 Å². The van der Waals surface area contributed by atoms with Gasteiger partial charge in [0, 0.05) is 85.9 Å². The van der Waals surface area contributed by atoms with Gasteiger partial charge in [-0.05, 0) is 93.5 Å². The minimum absolute atomic E-state index is 0.160. The van der Waals surface area contributed by atoms with E-state index >= 15 is 0 Å². The molecule has 0 saturated heterocycles. The zero-order valence-corrected chi connectivity index (χ0v) is 46.0. The Kier molecular flexibility index (Phi) is 21.4. The Morgan fingerprint density at radius 2 is 1.29 bits per heavy atom. The number of anilines is 1. The number of hydrogen-bond donors (Lipinski definition) is 4. The van der Waals surface area contributed by atoms with Crippen molar-refractivity contribution in [2.24, 2.45) is 0 Å². The number of imide groups is 1. The highest BCUT2D eigenvalue weighted by atomic mass is 32.2. The molecule has 0 aliphatic carbocycles. The van der Waals surface area contributed by atoms with Crippen molar-refractivity contribution in [3.8, 4) is 0 Å². The number of rotatable bonds is 31. The summed E-state index contributed by atoms with van der Waals surface area (Å²) in [7, 11) is -18.3. The number of amides is 3. The zero-order valence-electron chi connectivity index (χ0n) is 42.8. The van der Waals surface area contributed by atoms with Gasteiger partial charge in [0.2, 0.25) is 11.6 Å². The topological polar surface area (TPSA) is 321 Å². The largest absolute Gasteiger partial charge is 0.744 e. The van der Waals surface area contributed by atoms with Crippen molar-refractivity contribution in [2.45, 2.75) is 86.8 Å². The molecule has 2 aromatic carbocycles. The first-order valence-corrected chi connectivity index (χ1v) is 30.4. The second-order valence-electron chi connectivity index (χ2n) is 19.1. The lowest BCUT2D eigenvalue weighted by molar-refractivity contribution is -0.432. The number of fused-ring (bicyclic) bond motifs is 2. The fraction of sp³-hybridized carbons (Fsp3) is 0.480. The van der Waals surface area contributed by atoms with Crippen LogP contribution in [0, 0.1) is 0 Å². The molecule has 4 N–H and O–H groups in total. The molecule has 0 unspecified atom stereocenters. The van der Waals surface area contributed by atoms with Gasteiger partial charge < -0.3 is 29.0 Å². The third-order valence-corrected chi connectivity index (χ3v) is 15.9. The third kappa shape index (κ3) is 17.6. The first kappa shape index (κ1) is 61.6. The van der Waals surface area contributed by atoms with Gasteiger partial charge in [0.15, 0.2) is 12.3 Å². The predicted molar refractivity (Wildman–Crippen MR) is 280 cm³/mol. The smallest absolute Gasteiger partial charge is 0.294 e. The first-order valence-electron chi connectivity index (χ1n) is 24.4. The van der Waals surface area contributed by atoms with Crippen LogP contribution in [0.25, 0.3) is 0 Å². The van der Waals surface area contributed by atoms with Crippen LogP contribution in [-0.2, 0) is 79.9 Å². The van der Waals surface area contributed by atoms with E-state index < -0.39 is 67.7 Å². The molecule has 0 saturated carbocycles. The molecule has 418 valence electrons. The van der Waals surface area contributed by atoms with Gasteiger partial charge in [-0.25, -0.2) is 8.42 Å². The fourth-order valence-electron chi connectivity index (χ4n) is 8.89. The van der Waals surface area contributed by atoms with E-state index in [1.807, 2.05) is 0 Å². The van der Waals surface area contributed by atoms with Crippen molar-refractivity contribution >= 4 is 75.3 Å². The maximum atomic E-state index is 12.8. The molecule has 5 rings (SSSR count). The molecule has 22 nitrogen and oxygen atoms in total. The van der Waals surface area contributed by atoms with Crippen LogP contribution in [0.2, 0.25) is 0 Å². The summed E-state index contributed by atoms with van der Waals surface area (Å²) < 4.78 is 155. The molecule has 2 aromatic rings. The van der Waals surface area contributed by atoms with Crippen molar-refractivity contribution in [1.82, 2.24) is 10.2 Å². The Morgan fingerprint density at radius 1 is 0.697 bits per heavy atom. The standard InChI is InChI=1S/C50H66N4O18S4/c1-49(2)40-35-38(75(64,65)66)17-19-42(40)52(25-33-73(58,59)60)44(49)14-7-12-37(13-8-15-45-50(3,4)41-36-39(76(67,68)69)18-20-43(41)53(45)26-34-74(61,62)63)11-5-6-16-46(55)51-23-9-27-70-29-31-72-32-30-71-28-10-24-54-47(56)21-22-48(54)57/h7-8,12-15,17-22,35-36H,5-6,9-11,16,23-34H2,1-4H3,(H4-,51,55,58,59,60,61,62,63,64,65,66,67,68,69). The van der Waals surface area contributed by atoms with E-state index in [1.54, 1.807) is 73.6 Å². The SMILES string of the molecule is CC1(C)C(/C=C/C=C(/C=C/C=C2/N(CCS(=O)(=O)O)c3ccc(S(=O)(=O)O)cc3C2(C)C)CCCCC(=O)NCCCOCCOCCOCCCN2C(=O)C=CC2=O)=[N+](CCS(=O)(=O)O)c2ccc(S(=O)(=O)[O-])cc21. The molecule has 0 bridgehead atoms. The maximum absolute atomic E-state index is 12.8. The van der Waals surface area contributed by atoms with Crippen LogP contribution < -0.4 is 10.2 Å². The molecule has 3 heterocycles. The normalized spacial score (nSPS) is 17.3. The van der Waals surface area contributed by atoms with Gasteiger partial charge in [-0.1, -0.05) is 38.2 Å². The van der Waals surface area contributed by atoms with E-state index in [0.29, 0.717) is 112 Å². The molecule has 0 aromatic heterocycles. The summed E-state index contributed by atoms with van der Waals surface area (Å²) in [4.78, 5) is 37.9. The molecule has 0 radical (unpaired) electrons. The summed E-state index contributed by atoms with van der Waals surface area (Å²) >= 11 is 0. The van der Waals surface area contributed by atoms with Crippen LogP contribution in [0.4, 0.5) is 11.4 Å². The first-order chi connectivity index (χ1) is 35.5. The summed E-state index contributed by atoms with van der Waals surface area (Å²) in [5.74, 6) is -2.12. The van der Waals surface area contributed by atoms with Gasteiger partial charge in [-0.3, -0.25) is 32.9 Å². The Labute approximate surface area is 444 Å². The number of benzene rings is 2. The van der Waals surface area contributed by atoms with Gasteiger partial charge in [0.25, 0.3) is 42.2 Å². The number of carbonyl (C=O) groups excluding carboxylic acids is 3.